The topological polar surface area (TPSA) is 35.5 Å². The third-order valence-electron chi connectivity index (χ3n) is 10.5. The second kappa shape index (κ2) is 8.92. The van der Waals surface area contributed by atoms with Gasteiger partial charge in [-0.1, -0.05) is 102 Å². The highest BCUT2D eigenvalue weighted by molar-refractivity contribution is 6.99. The summed E-state index contributed by atoms with van der Waals surface area (Å²) in [6.45, 7) is 14.5. The number of ketones is 1. The molecule has 3 nitrogen and oxygen atoms in total. The fraction of sp³-hybridized carbons (Fsp3) is 0.594. The molecule has 3 fully saturated rings. The molecule has 0 amide bonds. The Bertz CT molecular complexity index is 1050. The number of Topliss-reactive ketones (excluding diaryl/α,β-unsaturated/α-hetero) is 1. The normalized spacial score (nSPS) is 34.8. The summed E-state index contributed by atoms with van der Waals surface area (Å²) >= 11 is 0. The summed E-state index contributed by atoms with van der Waals surface area (Å²) < 4.78 is 14.4. The Morgan fingerprint density at radius 2 is 1.53 bits per heavy atom. The zero-order valence-electron chi connectivity index (χ0n) is 23.1. The van der Waals surface area contributed by atoms with E-state index in [1.807, 2.05) is 0 Å². The highest BCUT2D eigenvalue weighted by Crippen LogP contribution is 2.69. The molecule has 0 unspecified atom stereocenters. The van der Waals surface area contributed by atoms with Gasteiger partial charge in [0.1, 0.15) is 5.78 Å². The van der Waals surface area contributed by atoms with Crippen molar-refractivity contribution in [2.75, 3.05) is 6.61 Å². The zero-order valence-corrected chi connectivity index (χ0v) is 24.1. The maximum absolute atomic E-state index is 13.1. The highest BCUT2D eigenvalue weighted by Gasteiger charge is 2.70. The van der Waals surface area contributed by atoms with Crippen molar-refractivity contribution in [2.24, 2.45) is 16.7 Å². The third-order valence-corrected chi connectivity index (χ3v) is 15.5. The van der Waals surface area contributed by atoms with Crippen molar-refractivity contribution in [3.63, 3.8) is 0 Å². The molecule has 3 aliphatic rings. The maximum Gasteiger partial charge on any atom is 0.261 e. The Kier molecular flexibility index (Phi) is 6.41. The van der Waals surface area contributed by atoms with E-state index in [1.165, 1.54) is 10.4 Å². The number of rotatable bonds is 5. The summed E-state index contributed by atoms with van der Waals surface area (Å²) in [5, 5.41) is 2.57. The standard InChI is InChI=1S/C32H44O3Si/c1-24-22-25(35-32(24)21-20-30(5)28(33)18-13-19-31(30,32)6)23-34-36(29(2,3)4,26-14-9-7-10-15-26)27-16-11-8-12-17-27/h7-12,14-17,24-25H,13,18-23H2,1-6H3/t24-,25+,30+,31+,32+/m1/s1. The lowest BCUT2D eigenvalue weighted by atomic mass is 9.53. The van der Waals surface area contributed by atoms with Crippen LogP contribution in [0.2, 0.25) is 5.04 Å². The molecule has 2 saturated carbocycles. The van der Waals surface area contributed by atoms with Crippen molar-refractivity contribution >= 4 is 24.5 Å². The fourth-order valence-electron chi connectivity index (χ4n) is 8.37. The molecule has 0 N–H and O–H groups in total. The van der Waals surface area contributed by atoms with Crippen LogP contribution >= 0.6 is 0 Å². The van der Waals surface area contributed by atoms with E-state index in [0.717, 1.165) is 38.5 Å². The molecular weight excluding hydrogens is 460 g/mol. The monoisotopic (exact) mass is 504 g/mol. The SMILES string of the molecule is C[C@@H]1C[C@@H](CO[Si](c2ccccc2)(c2ccccc2)C(C)(C)C)O[C@@]12CC[C@@]1(C)C(=O)CCC[C@@]12C. The second-order valence-electron chi connectivity index (χ2n) is 13.2. The van der Waals surface area contributed by atoms with Crippen LogP contribution in [0.25, 0.3) is 0 Å². The molecule has 5 rings (SSSR count). The van der Waals surface area contributed by atoms with Crippen molar-refractivity contribution in [1.82, 2.24) is 0 Å². The minimum absolute atomic E-state index is 0.0503. The quantitative estimate of drug-likeness (QED) is 0.449. The Balaban J connectivity index is 1.47. The van der Waals surface area contributed by atoms with Crippen LogP contribution in [0.3, 0.4) is 0 Å². The largest absolute Gasteiger partial charge is 0.405 e. The average Bonchev–Trinajstić information content (AvgIpc) is 3.30. The van der Waals surface area contributed by atoms with Gasteiger partial charge < -0.3 is 9.16 Å². The van der Waals surface area contributed by atoms with Gasteiger partial charge in [-0.25, -0.2) is 0 Å². The van der Waals surface area contributed by atoms with Gasteiger partial charge in [-0.15, -0.1) is 0 Å². The number of hydrogen-bond donors (Lipinski definition) is 0. The lowest BCUT2D eigenvalue weighted by Crippen LogP contribution is -2.67. The lowest BCUT2D eigenvalue weighted by molar-refractivity contribution is -0.172. The van der Waals surface area contributed by atoms with Crippen LogP contribution in [-0.2, 0) is 14.0 Å². The molecule has 1 heterocycles. The van der Waals surface area contributed by atoms with Crippen molar-refractivity contribution in [3.8, 4) is 0 Å². The Labute approximate surface area is 219 Å². The number of carbonyl (C=O) groups is 1. The van der Waals surface area contributed by atoms with Crippen LogP contribution < -0.4 is 10.4 Å². The van der Waals surface area contributed by atoms with E-state index in [9.17, 15) is 4.79 Å². The first-order valence-corrected chi connectivity index (χ1v) is 15.9. The Morgan fingerprint density at radius 1 is 0.944 bits per heavy atom. The van der Waals surface area contributed by atoms with Crippen molar-refractivity contribution in [1.29, 1.82) is 0 Å². The van der Waals surface area contributed by atoms with E-state index in [2.05, 4.69) is 102 Å². The lowest BCUT2D eigenvalue weighted by Gasteiger charge is -2.53. The number of benzene rings is 2. The molecule has 2 aromatic rings. The molecule has 194 valence electrons. The van der Waals surface area contributed by atoms with Crippen LogP contribution in [0, 0.1) is 16.7 Å². The van der Waals surface area contributed by atoms with Gasteiger partial charge >= 0.3 is 0 Å². The molecule has 36 heavy (non-hydrogen) atoms. The molecule has 1 saturated heterocycles. The third kappa shape index (κ3) is 3.54. The Hall–Kier alpha value is -1.75. The van der Waals surface area contributed by atoms with Gasteiger partial charge in [-0.05, 0) is 53.4 Å². The predicted octanol–water partition coefficient (Wildman–Crippen LogP) is 6.29. The first-order chi connectivity index (χ1) is 17.0. The minimum atomic E-state index is -2.60. The molecule has 2 aromatic carbocycles. The predicted molar refractivity (Wildman–Crippen MR) is 149 cm³/mol. The summed E-state index contributed by atoms with van der Waals surface area (Å²) in [4.78, 5) is 13.1. The smallest absolute Gasteiger partial charge is 0.261 e. The van der Waals surface area contributed by atoms with Gasteiger partial charge in [-0.2, -0.15) is 0 Å². The molecule has 0 radical (unpaired) electrons. The molecule has 0 aromatic heterocycles. The number of ether oxygens (including phenoxy) is 1. The zero-order chi connectivity index (χ0) is 25.8. The van der Waals surface area contributed by atoms with Gasteiger partial charge in [-0.3, -0.25) is 4.79 Å². The van der Waals surface area contributed by atoms with E-state index in [-0.39, 0.29) is 27.6 Å². The summed E-state index contributed by atoms with van der Waals surface area (Å²) in [7, 11) is -2.60. The van der Waals surface area contributed by atoms with Gasteiger partial charge in [0, 0.05) is 17.3 Å². The molecule has 4 heteroatoms. The van der Waals surface area contributed by atoms with E-state index in [0.29, 0.717) is 18.3 Å². The molecule has 0 bridgehead atoms. The fourth-order valence-corrected chi connectivity index (χ4v) is 13.0. The number of carbonyl (C=O) groups excluding carboxylic acids is 1. The molecule has 5 atom stereocenters. The van der Waals surface area contributed by atoms with Crippen LogP contribution in [0.4, 0.5) is 0 Å². The first kappa shape index (κ1) is 25.9. The van der Waals surface area contributed by atoms with E-state index in [4.69, 9.17) is 9.16 Å². The van der Waals surface area contributed by atoms with Gasteiger partial charge in [0.05, 0.1) is 18.3 Å². The van der Waals surface area contributed by atoms with Crippen LogP contribution in [0.1, 0.15) is 80.1 Å². The Morgan fingerprint density at radius 3 is 2.08 bits per heavy atom. The molecular formula is C32H44O3Si. The second-order valence-corrected chi connectivity index (χ2v) is 17.5. The van der Waals surface area contributed by atoms with Crippen LogP contribution in [0.15, 0.2) is 60.7 Å². The molecule has 2 aliphatic carbocycles. The summed E-state index contributed by atoms with van der Waals surface area (Å²) in [5.74, 6) is 0.874. The van der Waals surface area contributed by atoms with Crippen molar-refractivity contribution < 1.29 is 14.0 Å². The molecule has 1 aliphatic heterocycles. The van der Waals surface area contributed by atoms with E-state index >= 15 is 0 Å². The van der Waals surface area contributed by atoms with E-state index < -0.39 is 8.32 Å². The van der Waals surface area contributed by atoms with Crippen LogP contribution in [0.5, 0.6) is 0 Å². The first-order valence-electron chi connectivity index (χ1n) is 14.0. The summed E-state index contributed by atoms with van der Waals surface area (Å²) in [6.07, 6.45) is 5.80. The van der Waals surface area contributed by atoms with Crippen molar-refractivity contribution in [3.05, 3.63) is 60.7 Å². The summed E-state index contributed by atoms with van der Waals surface area (Å²) in [5.41, 5.74) is -0.578. The van der Waals surface area contributed by atoms with Gasteiger partial charge in [0.15, 0.2) is 0 Å². The molecule has 1 spiro atoms. The minimum Gasteiger partial charge on any atom is -0.405 e. The van der Waals surface area contributed by atoms with Gasteiger partial charge in [0.25, 0.3) is 8.32 Å². The van der Waals surface area contributed by atoms with Crippen LogP contribution in [-0.4, -0.2) is 32.4 Å². The number of hydrogen-bond acceptors (Lipinski definition) is 3. The van der Waals surface area contributed by atoms with Gasteiger partial charge in [0.2, 0.25) is 0 Å². The highest BCUT2D eigenvalue weighted by atomic mass is 28.4. The maximum atomic E-state index is 13.1. The average molecular weight is 505 g/mol. The van der Waals surface area contributed by atoms with E-state index in [1.54, 1.807) is 0 Å². The summed E-state index contributed by atoms with van der Waals surface area (Å²) in [6, 6.07) is 21.7. The number of fused-ring (bicyclic) bond motifs is 2. The van der Waals surface area contributed by atoms with Crippen molar-refractivity contribution in [2.45, 2.75) is 96.8 Å².